The summed E-state index contributed by atoms with van der Waals surface area (Å²) in [4.78, 5) is 0. The number of hydrogen-bond acceptors (Lipinski definition) is 1. The van der Waals surface area contributed by atoms with E-state index in [1.807, 2.05) is 0 Å². The third-order valence-electron chi connectivity index (χ3n) is 1.82. The summed E-state index contributed by atoms with van der Waals surface area (Å²) in [6.45, 7) is 0. The molecule has 0 fully saturated rings. The summed E-state index contributed by atoms with van der Waals surface area (Å²) in [5, 5.41) is 0. The Bertz CT molecular complexity index is 242. The van der Waals surface area contributed by atoms with Crippen molar-refractivity contribution in [2.75, 3.05) is 7.11 Å². The molecule has 0 radical (unpaired) electrons. The van der Waals surface area contributed by atoms with Gasteiger partial charge in [-0.15, -0.1) is 0 Å². The maximum absolute atomic E-state index is 5.13. The van der Waals surface area contributed by atoms with Gasteiger partial charge in [0, 0.05) is 0 Å². The molecule has 72 valence electrons. The summed E-state index contributed by atoms with van der Waals surface area (Å²) in [6.07, 6.45) is 0. The minimum absolute atomic E-state index is 0.726. The van der Waals surface area contributed by atoms with Crippen LogP contribution in [0.3, 0.4) is 0 Å². The van der Waals surface area contributed by atoms with Gasteiger partial charge in [-0.2, -0.15) is 0 Å². The van der Waals surface area contributed by atoms with E-state index in [1.54, 1.807) is 7.11 Å². The Labute approximate surface area is 92.6 Å². The molecule has 1 aromatic carbocycles. The van der Waals surface area contributed by atoms with Gasteiger partial charge in [0.05, 0.1) is 0 Å². The Balaban J connectivity index is 2.78. The molecule has 0 unspecified atom stereocenters. The molecule has 0 aliphatic carbocycles. The Morgan fingerprint density at radius 3 is 2.00 bits per heavy atom. The van der Waals surface area contributed by atoms with Crippen LogP contribution in [-0.4, -0.2) is 37.0 Å². The van der Waals surface area contributed by atoms with Gasteiger partial charge in [0.2, 0.25) is 0 Å². The third kappa shape index (κ3) is 3.03. The van der Waals surface area contributed by atoms with E-state index < -0.39 is 0 Å². The van der Waals surface area contributed by atoms with Gasteiger partial charge >= 0.3 is 92.7 Å². The van der Waals surface area contributed by atoms with Crippen molar-refractivity contribution in [3.05, 3.63) is 29.8 Å². The predicted molar refractivity (Wildman–Crippen MR) is 59.0 cm³/mol. The molecule has 0 spiro atoms. The summed E-state index contributed by atoms with van der Waals surface area (Å²) in [5.41, 5.74) is 1.48. The zero-order valence-corrected chi connectivity index (χ0v) is 11.5. The number of methoxy groups -OCH3 is 1. The molecule has 0 aliphatic heterocycles. The van der Waals surface area contributed by atoms with Crippen molar-refractivity contribution >= 4 is 29.9 Å². The SMILES string of the molecule is COc1ccc(C([Se]C)[Se]C)cc1. The predicted octanol–water partition coefficient (Wildman–Crippen LogP) is 2.20. The third-order valence-corrected chi connectivity index (χ3v) is 8.95. The first-order chi connectivity index (χ1) is 6.31. The molecule has 0 saturated heterocycles. The first kappa shape index (κ1) is 11.1. The van der Waals surface area contributed by atoms with Crippen molar-refractivity contribution in [1.82, 2.24) is 0 Å². The van der Waals surface area contributed by atoms with Crippen LogP contribution in [0.15, 0.2) is 24.3 Å². The molecule has 0 aliphatic rings. The zero-order valence-electron chi connectivity index (χ0n) is 8.11. The molecule has 0 amide bonds. The van der Waals surface area contributed by atoms with Gasteiger partial charge in [0.1, 0.15) is 0 Å². The number of hydrogen-bond donors (Lipinski definition) is 0. The van der Waals surface area contributed by atoms with Crippen LogP contribution in [0.25, 0.3) is 0 Å². The van der Waals surface area contributed by atoms with E-state index >= 15 is 0 Å². The number of benzene rings is 1. The number of rotatable bonds is 4. The summed E-state index contributed by atoms with van der Waals surface area (Å²) < 4.78 is 5.95. The topological polar surface area (TPSA) is 9.23 Å². The van der Waals surface area contributed by atoms with Crippen molar-refractivity contribution in [2.45, 2.75) is 15.4 Å². The van der Waals surface area contributed by atoms with Crippen molar-refractivity contribution in [2.24, 2.45) is 0 Å². The average molecular weight is 308 g/mol. The van der Waals surface area contributed by atoms with Crippen LogP contribution in [0.4, 0.5) is 0 Å². The van der Waals surface area contributed by atoms with Crippen LogP contribution in [0.2, 0.25) is 11.6 Å². The van der Waals surface area contributed by atoms with Crippen molar-refractivity contribution in [3.8, 4) is 5.75 Å². The fourth-order valence-corrected chi connectivity index (χ4v) is 5.43. The van der Waals surface area contributed by atoms with Crippen LogP contribution < -0.4 is 4.74 Å². The van der Waals surface area contributed by atoms with Crippen LogP contribution >= 0.6 is 0 Å². The molecular formula is C10H14OSe2. The first-order valence-corrected chi connectivity index (χ1v) is 9.41. The quantitative estimate of drug-likeness (QED) is 0.775. The van der Waals surface area contributed by atoms with Crippen molar-refractivity contribution < 1.29 is 4.74 Å². The maximum atomic E-state index is 5.13. The molecule has 0 aromatic heterocycles. The molecule has 13 heavy (non-hydrogen) atoms. The van der Waals surface area contributed by atoms with Crippen LogP contribution in [0.5, 0.6) is 5.75 Å². The fourth-order valence-electron chi connectivity index (χ4n) is 1.13. The van der Waals surface area contributed by atoms with E-state index in [0.717, 1.165) is 39.4 Å². The van der Waals surface area contributed by atoms with Gasteiger partial charge in [-0.3, -0.25) is 0 Å². The fraction of sp³-hybridized carbons (Fsp3) is 0.400. The van der Waals surface area contributed by atoms with Crippen LogP contribution in [-0.2, 0) is 0 Å². The molecule has 3 heteroatoms. The van der Waals surface area contributed by atoms with Gasteiger partial charge in [0.25, 0.3) is 0 Å². The van der Waals surface area contributed by atoms with Gasteiger partial charge in [-0.1, -0.05) is 0 Å². The monoisotopic (exact) mass is 310 g/mol. The van der Waals surface area contributed by atoms with Gasteiger partial charge in [-0.25, -0.2) is 0 Å². The molecule has 0 saturated carbocycles. The summed E-state index contributed by atoms with van der Waals surface area (Å²) in [6, 6.07) is 8.50. The summed E-state index contributed by atoms with van der Waals surface area (Å²) in [7, 11) is 1.71. The minimum atomic E-state index is 0.726. The van der Waals surface area contributed by atoms with Crippen LogP contribution in [0.1, 0.15) is 9.28 Å². The first-order valence-electron chi connectivity index (χ1n) is 4.01. The summed E-state index contributed by atoms with van der Waals surface area (Å²) >= 11 is 1.45. The van der Waals surface area contributed by atoms with E-state index in [1.165, 1.54) is 5.56 Å². The standard InChI is InChI=1S/C10H14OSe2/c1-11-9-6-4-8(5-7-9)10(12-2)13-3/h4-7,10H,1-3H3. The molecule has 1 rings (SSSR count). The van der Waals surface area contributed by atoms with Gasteiger partial charge in [-0.05, 0) is 0 Å². The second-order valence-corrected chi connectivity index (χ2v) is 8.05. The van der Waals surface area contributed by atoms with Gasteiger partial charge in [0.15, 0.2) is 0 Å². The molecule has 1 nitrogen and oxygen atoms in total. The second kappa shape index (κ2) is 5.72. The zero-order chi connectivity index (χ0) is 9.68. The Morgan fingerprint density at radius 1 is 1.08 bits per heavy atom. The van der Waals surface area contributed by atoms with E-state index in [2.05, 4.69) is 35.9 Å². The normalized spacial score (nSPS) is 10.5. The van der Waals surface area contributed by atoms with Crippen LogP contribution in [0, 0.1) is 0 Å². The molecule has 0 bridgehead atoms. The Hall–Kier alpha value is 0.0590. The van der Waals surface area contributed by atoms with Crippen molar-refractivity contribution in [1.29, 1.82) is 0 Å². The molecule has 1 aromatic rings. The Kier molecular flexibility index (Phi) is 4.90. The second-order valence-electron chi connectivity index (χ2n) is 2.58. The van der Waals surface area contributed by atoms with E-state index in [-0.39, 0.29) is 0 Å². The molecule has 0 N–H and O–H groups in total. The van der Waals surface area contributed by atoms with Crippen molar-refractivity contribution in [3.63, 3.8) is 0 Å². The van der Waals surface area contributed by atoms with E-state index in [0.29, 0.717) is 0 Å². The van der Waals surface area contributed by atoms with E-state index in [9.17, 15) is 0 Å². The van der Waals surface area contributed by atoms with E-state index in [4.69, 9.17) is 4.74 Å². The average Bonchev–Trinajstić information content (AvgIpc) is 2.21. The Morgan fingerprint density at radius 2 is 1.62 bits per heavy atom. The molecular weight excluding hydrogens is 294 g/mol. The van der Waals surface area contributed by atoms with Gasteiger partial charge < -0.3 is 0 Å². The summed E-state index contributed by atoms with van der Waals surface area (Å²) in [5.74, 6) is 5.58. The molecule has 0 heterocycles. The molecule has 0 atom stereocenters. The number of ether oxygens (including phenoxy) is 1.